The highest BCUT2D eigenvalue weighted by atomic mass is 35.5. The predicted octanol–water partition coefficient (Wildman–Crippen LogP) is 2.80. The van der Waals surface area contributed by atoms with Gasteiger partial charge >= 0.3 is 11.9 Å². The summed E-state index contributed by atoms with van der Waals surface area (Å²) >= 11 is 6.80. The number of benzene rings is 1. The molecule has 9 nitrogen and oxygen atoms in total. The maximum atomic E-state index is 15.5. The van der Waals surface area contributed by atoms with Gasteiger partial charge in [0.15, 0.2) is 11.2 Å². The van der Waals surface area contributed by atoms with E-state index in [1.54, 1.807) is 4.57 Å². The first-order chi connectivity index (χ1) is 17.3. The van der Waals surface area contributed by atoms with Gasteiger partial charge in [0.05, 0.1) is 41.4 Å². The van der Waals surface area contributed by atoms with Crippen LogP contribution in [0.2, 0.25) is 5.02 Å². The molecule has 0 amide bonds. The van der Waals surface area contributed by atoms with Gasteiger partial charge < -0.3 is 24.3 Å². The summed E-state index contributed by atoms with van der Waals surface area (Å²) in [6.07, 6.45) is 5.92. The molecule has 1 aromatic carbocycles. The minimum atomic E-state index is -1.97. The predicted molar refractivity (Wildman–Crippen MR) is 137 cm³/mol. The van der Waals surface area contributed by atoms with Crippen LogP contribution in [-0.4, -0.2) is 62.2 Å². The van der Waals surface area contributed by atoms with Crippen molar-refractivity contribution in [2.45, 2.75) is 31.3 Å². The Morgan fingerprint density at radius 2 is 1.86 bits per heavy atom. The van der Waals surface area contributed by atoms with Crippen LogP contribution in [0.1, 0.15) is 35.7 Å². The number of nitrogens with zero attached hydrogens (tertiary/aromatic N) is 2. The molecule has 1 atom stereocenters. The average molecular weight is 554 g/mol. The fourth-order valence-electron chi connectivity index (χ4n) is 5.06. The molecule has 1 saturated carbocycles. The molecule has 37 heavy (non-hydrogen) atoms. The number of fused-ring (bicyclic) bond motifs is 2. The molecule has 3 aliphatic rings. The van der Waals surface area contributed by atoms with E-state index >= 15 is 4.39 Å². The Bertz CT molecular complexity index is 1370. The van der Waals surface area contributed by atoms with Crippen molar-refractivity contribution in [3.05, 3.63) is 50.5 Å². The summed E-state index contributed by atoms with van der Waals surface area (Å²) in [7, 11) is 2.04. The summed E-state index contributed by atoms with van der Waals surface area (Å²) in [5, 5.41) is 3.41. The summed E-state index contributed by atoms with van der Waals surface area (Å²) < 4.78 is 26.4. The number of nitrogens with one attached hydrogen (secondary N) is 1. The SMILES string of the molecule is COC(=O)C(C(=O)OC)C(=O)c1cn(C2CC2)c2c(Cl)c(N3CC4=CCCNC4C3)c(F)cc2c1=O.Cl. The second-order valence-electron chi connectivity index (χ2n) is 9.23. The topological polar surface area (TPSA) is 107 Å². The molecule has 3 heterocycles. The van der Waals surface area contributed by atoms with Crippen LogP contribution in [0.5, 0.6) is 0 Å². The summed E-state index contributed by atoms with van der Waals surface area (Å²) in [5.41, 5.74) is 0.447. The summed E-state index contributed by atoms with van der Waals surface area (Å²) in [5.74, 6) is -6.03. The zero-order valence-electron chi connectivity index (χ0n) is 20.2. The minimum Gasteiger partial charge on any atom is -0.468 e. The Morgan fingerprint density at radius 3 is 2.46 bits per heavy atom. The Morgan fingerprint density at radius 1 is 1.19 bits per heavy atom. The third kappa shape index (κ3) is 4.62. The molecule has 1 aromatic heterocycles. The fraction of sp³-hybridized carbons (Fsp3) is 0.440. The molecule has 0 radical (unpaired) electrons. The first-order valence-corrected chi connectivity index (χ1v) is 12.1. The van der Waals surface area contributed by atoms with Crippen LogP contribution in [-0.2, 0) is 19.1 Å². The lowest BCUT2D eigenvalue weighted by Gasteiger charge is -2.23. The molecular formula is C25H26Cl2FN3O6. The van der Waals surface area contributed by atoms with E-state index in [-0.39, 0.29) is 40.6 Å². The van der Waals surface area contributed by atoms with Crippen LogP contribution in [0.3, 0.4) is 0 Å². The van der Waals surface area contributed by atoms with Gasteiger partial charge in [-0.1, -0.05) is 17.7 Å². The van der Waals surface area contributed by atoms with E-state index < -0.39 is 40.4 Å². The van der Waals surface area contributed by atoms with Gasteiger partial charge in [-0.05, 0) is 37.4 Å². The normalized spacial score (nSPS) is 18.8. The van der Waals surface area contributed by atoms with Crippen LogP contribution in [0.25, 0.3) is 10.9 Å². The highest BCUT2D eigenvalue weighted by Gasteiger charge is 2.40. The lowest BCUT2D eigenvalue weighted by Crippen LogP contribution is -2.36. The van der Waals surface area contributed by atoms with Gasteiger partial charge in [0.25, 0.3) is 0 Å². The van der Waals surface area contributed by atoms with Crippen molar-refractivity contribution in [2.75, 3.05) is 38.8 Å². The van der Waals surface area contributed by atoms with Gasteiger partial charge in [-0.2, -0.15) is 0 Å². The zero-order valence-corrected chi connectivity index (χ0v) is 21.8. The van der Waals surface area contributed by atoms with Crippen molar-refractivity contribution in [3.8, 4) is 0 Å². The fourth-order valence-corrected chi connectivity index (χ4v) is 5.47. The van der Waals surface area contributed by atoms with Gasteiger partial charge in [0.1, 0.15) is 5.82 Å². The number of esters is 2. The van der Waals surface area contributed by atoms with Crippen LogP contribution < -0.4 is 15.6 Å². The quantitative estimate of drug-likeness (QED) is 0.252. The number of ketones is 1. The number of anilines is 1. The number of pyridine rings is 1. The number of rotatable bonds is 6. The number of hydrogen-bond donors (Lipinski definition) is 1. The van der Waals surface area contributed by atoms with E-state index in [1.807, 2.05) is 4.90 Å². The Labute approximate surface area is 222 Å². The largest absolute Gasteiger partial charge is 0.468 e. The number of hydrogen-bond acceptors (Lipinski definition) is 8. The summed E-state index contributed by atoms with van der Waals surface area (Å²) in [6, 6.07) is 1.14. The van der Waals surface area contributed by atoms with Crippen molar-refractivity contribution in [2.24, 2.45) is 5.92 Å². The van der Waals surface area contributed by atoms with Gasteiger partial charge in [0, 0.05) is 31.4 Å². The highest BCUT2D eigenvalue weighted by molar-refractivity contribution is 6.38. The second-order valence-corrected chi connectivity index (χ2v) is 9.60. The molecule has 12 heteroatoms. The van der Waals surface area contributed by atoms with Crippen molar-refractivity contribution < 1.29 is 28.2 Å². The Kier molecular flexibility index (Phi) is 7.64. The summed E-state index contributed by atoms with van der Waals surface area (Å²) in [4.78, 5) is 52.9. The van der Waals surface area contributed by atoms with Gasteiger partial charge in [0.2, 0.25) is 5.92 Å². The number of methoxy groups -OCH3 is 2. The lowest BCUT2D eigenvalue weighted by molar-refractivity contribution is -0.155. The molecular weight excluding hydrogens is 528 g/mol. The number of aromatic nitrogens is 1. The minimum absolute atomic E-state index is 0. The molecule has 1 N–H and O–H groups in total. The van der Waals surface area contributed by atoms with Crippen LogP contribution in [0.15, 0.2) is 28.7 Å². The molecule has 198 valence electrons. The van der Waals surface area contributed by atoms with Crippen LogP contribution >= 0.6 is 24.0 Å². The van der Waals surface area contributed by atoms with Crippen molar-refractivity contribution >= 4 is 58.3 Å². The molecule has 1 saturated heterocycles. The standard InChI is InChI=1S/C25H25ClFN3O6.ClH/c1-35-24(33)18(25(34)36-2)23(32)15-10-30(13-5-6-13)20-14(22(15)31)8-16(27)21(19(20)26)29-9-12-4-3-7-28-17(12)11-29;/h4,8,10,13,17-18,28H,3,5-7,9,11H2,1-2H3;1H. The van der Waals surface area contributed by atoms with E-state index in [4.69, 9.17) is 11.6 Å². The van der Waals surface area contributed by atoms with Crippen molar-refractivity contribution in [1.82, 2.24) is 9.88 Å². The maximum absolute atomic E-state index is 15.5. The van der Waals surface area contributed by atoms with E-state index in [1.165, 1.54) is 11.8 Å². The average Bonchev–Trinajstić information content (AvgIpc) is 3.62. The van der Waals surface area contributed by atoms with Gasteiger partial charge in [-0.15, -0.1) is 12.4 Å². The number of Topliss-reactive ketones (excluding diaryl/α,β-unsaturated/α-hetero) is 1. The Hall–Kier alpha value is -2.95. The van der Waals surface area contributed by atoms with Crippen molar-refractivity contribution in [3.63, 3.8) is 0 Å². The molecule has 1 unspecified atom stereocenters. The smallest absolute Gasteiger partial charge is 0.328 e. The number of carbonyl (C=O) groups is 3. The molecule has 2 fully saturated rings. The van der Waals surface area contributed by atoms with Crippen LogP contribution in [0, 0.1) is 11.7 Å². The molecule has 0 spiro atoms. The third-order valence-electron chi connectivity index (χ3n) is 7.01. The highest BCUT2D eigenvalue weighted by Crippen LogP contribution is 2.43. The first kappa shape index (κ1) is 27.1. The second kappa shape index (κ2) is 10.4. The number of carbonyl (C=O) groups excluding carboxylic acids is 3. The van der Waals surface area contributed by atoms with E-state index in [0.29, 0.717) is 18.6 Å². The van der Waals surface area contributed by atoms with Crippen molar-refractivity contribution in [1.29, 1.82) is 0 Å². The Balaban J connectivity index is 0.00000320. The van der Waals surface area contributed by atoms with E-state index in [9.17, 15) is 19.2 Å². The number of ether oxygens (including phenoxy) is 2. The van der Waals surface area contributed by atoms with Crippen LogP contribution in [0.4, 0.5) is 10.1 Å². The number of halogens is 3. The molecule has 5 rings (SSSR count). The molecule has 2 aromatic rings. The molecule has 2 aliphatic heterocycles. The zero-order chi connectivity index (χ0) is 25.7. The third-order valence-corrected chi connectivity index (χ3v) is 7.37. The maximum Gasteiger partial charge on any atom is 0.328 e. The van der Waals surface area contributed by atoms with Gasteiger partial charge in [-0.3, -0.25) is 19.2 Å². The van der Waals surface area contributed by atoms with E-state index in [2.05, 4.69) is 20.9 Å². The summed E-state index contributed by atoms with van der Waals surface area (Å²) in [6.45, 7) is 1.91. The molecule has 1 aliphatic carbocycles. The first-order valence-electron chi connectivity index (χ1n) is 11.7. The molecule has 0 bridgehead atoms. The van der Waals surface area contributed by atoms with Gasteiger partial charge in [-0.25, -0.2) is 4.39 Å². The lowest BCUT2D eigenvalue weighted by atomic mass is 9.96. The monoisotopic (exact) mass is 553 g/mol. The van der Waals surface area contributed by atoms with E-state index in [0.717, 1.165) is 46.1 Å².